The van der Waals surface area contributed by atoms with Crippen molar-refractivity contribution in [2.24, 2.45) is 5.92 Å². The van der Waals surface area contributed by atoms with Gasteiger partial charge in [-0.1, -0.05) is 30.3 Å². The lowest BCUT2D eigenvalue weighted by Gasteiger charge is -2.24. The molecule has 6 heteroatoms. The minimum atomic E-state index is -0.810. The normalized spacial score (nSPS) is 16.6. The Kier molecular flexibility index (Phi) is 9.59. The summed E-state index contributed by atoms with van der Waals surface area (Å²) in [6.45, 7) is 2.85. The first-order valence-corrected chi connectivity index (χ1v) is 6.49. The number of aliphatic carboxylic acids is 1. The number of carboxylic acids is 1. The van der Waals surface area contributed by atoms with Crippen molar-refractivity contribution in [3.05, 3.63) is 35.9 Å². The van der Waals surface area contributed by atoms with Gasteiger partial charge in [0.05, 0.1) is 0 Å². The van der Waals surface area contributed by atoms with Gasteiger partial charge in [0, 0.05) is 0 Å². The largest absolute Gasteiger partial charge is 0.480 e. The molecule has 0 unspecified atom stereocenters. The number of carboxylic acid groups (broad SMARTS) is 1. The Morgan fingerprint density at radius 1 is 1.25 bits per heavy atom. The highest BCUT2D eigenvalue weighted by atomic mass is 35.5. The van der Waals surface area contributed by atoms with E-state index in [1.165, 1.54) is 0 Å². The lowest BCUT2D eigenvalue weighted by molar-refractivity contribution is -0.139. The van der Waals surface area contributed by atoms with Gasteiger partial charge in [-0.2, -0.15) is 0 Å². The highest BCUT2D eigenvalue weighted by molar-refractivity contribution is 5.85. The minimum Gasteiger partial charge on any atom is -0.480 e. The van der Waals surface area contributed by atoms with Crippen LogP contribution in [0.15, 0.2) is 30.3 Å². The molecule has 1 aromatic rings. The van der Waals surface area contributed by atoms with E-state index < -0.39 is 12.0 Å². The Morgan fingerprint density at radius 3 is 2.40 bits per heavy atom. The molecule has 0 aromatic heterocycles. The van der Waals surface area contributed by atoms with E-state index in [2.05, 4.69) is 10.6 Å². The van der Waals surface area contributed by atoms with Crippen LogP contribution in [0.1, 0.15) is 24.4 Å². The SMILES string of the molecule is Cl.Cl.O=C(O)[C@@H](NCC1CCNCC1)c1ccccc1. The number of nitrogens with one attached hydrogen (secondary N) is 2. The first-order chi connectivity index (χ1) is 8.77. The van der Waals surface area contributed by atoms with Crippen LogP contribution in [-0.2, 0) is 4.79 Å². The van der Waals surface area contributed by atoms with Gasteiger partial charge >= 0.3 is 5.97 Å². The van der Waals surface area contributed by atoms with Crippen LogP contribution in [0, 0.1) is 5.92 Å². The summed E-state index contributed by atoms with van der Waals surface area (Å²) in [5, 5.41) is 15.8. The standard InChI is InChI=1S/C14H20N2O2.2ClH/c17-14(18)13(12-4-2-1-3-5-12)16-10-11-6-8-15-9-7-11;;/h1-5,11,13,15-16H,6-10H2,(H,17,18);2*1H/t13-;;/m0../s1. The molecule has 20 heavy (non-hydrogen) atoms. The highest BCUT2D eigenvalue weighted by Gasteiger charge is 2.21. The Morgan fingerprint density at radius 2 is 1.85 bits per heavy atom. The molecule has 3 N–H and O–H groups in total. The molecule has 1 aliphatic heterocycles. The smallest absolute Gasteiger partial charge is 0.325 e. The van der Waals surface area contributed by atoms with Gasteiger partial charge in [-0.3, -0.25) is 4.79 Å². The van der Waals surface area contributed by atoms with E-state index in [-0.39, 0.29) is 24.8 Å². The summed E-state index contributed by atoms with van der Waals surface area (Å²) in [5.74, 6) is -0.230. The summed E-state index contributed by atoms with van der Waals surface area (Å²) in [6, 6.07) is 8.76. The summed E-state index contributed by atoms with van der Waals surface area (Å²) < 4.78 is 0. The van der Waals surface area contributed by atoms with Crippen LogP contribution in [0.5, 0.6) is 0 Å². The third-order valence-electron chi connectivity index (χ3n) is 3.45. The average molecular weight is 321 g/mol. The van der Waals surface area contributed by atoms with Gasteiger partial charge in [-0.15, -0.1) is 24.8 Å². The zero-order valence-corrected chi connectivity index (χ0v) is 12.9. The van der Waals surface area contributed by atoms with E-state index in [4.69, 9.17) is 0 Å². The fourth-order valence-corrected chi connectivity index (χ4v) is 2.36. The average Bonchev–Trinajstić information content (AvgIpc) is 2.41. The molecular formula is C14H22Cl2N2O2. The first-order valence-electron chi connectivity index (χ1n) is 6.49. The molecule has 1 saturated heterocycles. The van der Waals surface area contributed by atoms with Crippen molar-refractivity contribution in [1.29, 1.82) is 0 Å². The topological polar surface area (TPSA) is 61.4 Å². The van der Waals surface area contributed by atoms with Crippen molar-refractivity contribution in [2.45, 2.75) is 18.9 Å². The van der Waals surface area contributed by atoms with Crippen molar-refractivity contribution in [1.82, 2.24) is 10.6 Å². The third-order valence-corrected chi connectivity index (χ3v) is 3.45. The van der Waals surface area contributed by atoms with E-state index in [9.17, 15) is 9.90 Å². The van der Waals surface area contributed by atoms with Crippen LogP contribution in [0.2, 0.25) is 0 Å². The molecule has 1 atom stereocenters. The Labute approximate surface area is 132 Å². The van der Waals surface area contributed by atoms with Gasteiger partial charge in [0.25, 0.3) is 0 Å². The molecule has 1 fully saturated rings. The molecule has 0 bridgehead atoms. The monoisotopic (exact) mass is 320 g/mol. The molecule has 0 radical (unpaired) electrons. The van der Waals surface area contributed by atoms with Gasteiger partial charge in [-0.05, 0) is 44.0 Å². The van der Waals surface area contributed by atoms with Crippen LogP contribution in [0.25, 0.3) is 0 Å². The molecule has 1 aliphatic rings. The molecule has 114 valence electrons. The van der Waals surface area contributed by atoms with Gasteiger partial charge in [0.1, 0.15) is 6.04 Å². The summed E-state index contributed by atoms with van der Waals surface area (Å²) >= 11 is 0. The van der Waals surface area contributed by atoms with E-state index in [1.54, 1.807) is 0 Å². The zero-order valence-electron chi connectivity index (χ0n) is 11.2. The maximum absolute atomic E-state index is 11.3. The quantitative estimate of drug-likeness (QED) is 0.778. The predicted octanol–water partition coefficient (Wildman–Crippen LogP) is 2.25. The van der Waals surface area contributed by atoms with Gasteiger partial charge in [0.15, 0.2) is 0 Å². The minimum absolute atomic E-state index is 0. The van der Waals surface area contributed by atoms with Crippen LogP contribution < -0.4 is 10.6 Å². The van der Waals surface area contributed by atoms with Crippen molar-refractivity contribution < 1.29 is 9.90 Å². The molecule has 1 aromatic carbocycles. The second-order valence-corrected chi connectivity index (χ2v) is 4.78. The maximum atomic E-state index is 11.3. The van der Waals surface area contributed by atoms with Crippen LogP contribution in [0.4, 0.5) is 0 Å². The second kappa shape index (κ2) is 10.00. The number of carbonyl (C=O) groups is 1. The first kappa shape index (κ1) is 19.2. The number of benzene rings is 1. The van der Waals surface area contributed by atoms with Crippen LogP contribution in [-0.4, -0.2) is 30.7 Å². The van der Waals surface area contributed by atoms with Crippen molar-refractivity contribution in [3.8, 4) is 0 Å². The fourth-order valence-electron chi connectivity index (χ4n) is 2.36. The molecule has 4 nitrogen and oxygen atoms in total. The van der Waals surface area contributed by atoms with Crippen molar-refractivity contribution in [2.75, 3.05) is 19.6 Å². The van der Waals surface area contributed by atoms with E-state index >= 15 is 0 Å². The molecule has 0 aliphatic carbocycles. The third kappa shape index (κ3) is 5.67. The van der Waals surface area contributed by atoms with Gasteiger partial charge < -0.3 is 15.7 Å². The lowest BCUT2D eigenvalue weighted by atomic mass is 9.97. The van der Waals surface area contributed by atoms with Crippen LogP contribution >= 0.6 is 24.8 Å². The molecule has 0 spiro atoms. The fraction of sp³-hybridized carbons (Fsp3) is 0.500. The molecule has 1 heterocycles. The second-order valence-electron chi connectivity index (χ2n) is 4.78. The van der Waals surface area contributed by atoms with Crippen molar-refractivity contribution >= 4 is 30.8 Å². The van der Waals surface area contributed by atoms with E-state index in [0.717, 1.165) is 38.0 Å². The zero-order chi connectivity index (χ0) is 12.8. The van der Waals surface area contributed by atoms with Crippen LogP contribution in [0.3, 0.4) is 0 Å². The number of hydrogen-bond acceptors (Lipinski definition) is 3. The van der Waals surface area contributed by atoms with E-state index in [1.807, 2.05) is 30.3 Å². The van der Waals surface area contributed by atoms with Crippen molar-refractivity contribution in [3.63, 3.8) is 0 Å². The number of piperidine rings is 1. The summed E-state index contributed by atoms with van der Waals surface area (Å²) in [6.07, 6.45) is 2.24. The number of hydrogen-bond donors (Lipinski definition) is 3. The summed E-state index contributed by atoms with van der Waals surface area (Å²) in [4.78, 5) is 11.3. The Bertz CT molecular complexity index is 384. The molecule has 0 saturated carbocycles. The van der Waals surface area contributed by atoms with Gasteiger partial charge in [-0.25, -0.2) is 0 Å². The lowest BCUT2D eigenvalue weighted by Crippen LogP contribution is -2.37. The number of rotatable bonds is 5. The predicted molar refractivity (Wildman–Crippen MR) is 84.9 cm³/mol. The molecule has 2 rings (SSSR count). The van der Waals surface area contributed by atoms with Gasteiger partial charge in [0.2, 0.25) is 0 Å². The highest BCUT2D eigenvalue weighted by Crippen LogP contribution is 2.16. The number of halogens is 2. The summed E-state index contributed by atoms with van der Waals surface area (Å²) in [7, 11) is 0. The maximum Gasteiger partial charge on any atom is 0.325 e. The van der Waals surface area contributed by atoms with E-state index in [0.29, 0.717) is 5.92 Å². The Hall–Kier alpha value is -0.810. The molecule has 0 amide bonds. The Balaban J connectivity index is 0.00000180. The molecular weight excluding hydrogens is 299 g/mol. The summed E-state index contributed by atoms with van der Waals surface area (Å²) in [5.41, 5.74) is 0.818.